The minimum absolute atomic E-state index is 0.215. The Labute approximate surface area is 104 Å². The number of nitrogens with one attached hydrogen (secondary N) is 1. The molecule has 1 saturated heterocycles. The van der Waals surface area contributed by atoms with Crippen LogP contribution in [0.25, 0.3) is 0 Å². The van der Waals surface area contributed by atoms with E-state index in [0.29, 0.717) is 0 Å². The molecule has 1 heterocycles. The van der Waals surface area contributed by atoms with Gasteiger partial charge in [0.2, 0.25) is 0 Å². The van der Waals surface area contributed by atoms with Gasteiger partial charge in [-0.25, -0.2) is 0 Å². The summed E-state index contributed by atoms with van der Waals surface area (Å²) in [7, 11) is 0. The molecule has 1 aliphatic heterocycles. The number of rotatable bonds is 2. The Hall–Kier alpha value is -1.06. The molecule has 1 aliphatic rings. The van der Waals surface area contributed by atoms with Gasteiger partial charge in [-0.05, 0) is 44.0 Å². The van der Waals surface area contributed by atoms with Crippen molar-refractivity contribution < 1.29 is 0 Å². The molecule has 0 saturated carbocycles. The van der Waals surface area contributed by atoms with Crippen molar-refractivity contribution in [3.63, 3.8) is 0 Å². The van der Waals surface area contributed by atoms with E-state index in [4.69, 9.17) is 5.73 Å². The summed E-state index contributed by atoms with van der Waals surface area (Å²) in [4.78, 5) is 2.50. The average molecular weight is 233 g/mol. The third-order valence-electron chi connectivity index (χ3n) is 3.42. The summed E-state index contributed by atoms with van der Waals surface area (Å²) >= 11 is 0. The molecule has 0 aromatic heterocycles. The van der Waals surface area contributed by atoms with Gasteiger partial charge >= 0.3 is 0 Å². The summed E-state index contributed by atoms with van der Waals surface area (Å²) in [6.07, 6.45) is 0. The summed E-state index contributed by atoms with van der Waals surface area (Å²) in [6, 6.07) is 6.18. The number of nitrogens with zero attached hydrogens (tertiary/aromatic N) is 1. The van der Waals surface area contributed by atoms with E-state index in [1.54, 1.807) is 0 Å². The predicted molar refractivity (Wildman–Crippen MR) is 73.0 cm³/mol. The van der Waals surface area contributed by atoms with Crippen LogP contribution in [0.4, 0.5) is 5.69 Å². The monoisotopic (exact) mass is 233 g/mol. The highest BCUT2D eigenvalue weighted by molar-refractivity contribution is 5.44. The lowest BCUT2D eigenvalue weighted by Gasteiger charge is -2.39. The standard InChI is InChI=1S/C14H23N3/c1-11-4-5-13(15)8-12(11)9-17-7-6-16-14(2,3)10-17/h4-5,8,16H,6-7,9-10,15H2,1-3H3. The van der Waals surface area contributed by atoms with Gasteiger partial charge in [-0.1, -0.05) is 6.07 Å². The van der Waals surface area contributed by atoms with Crippen molar-refractivity contribution in [2.45, 2.75) is 32.9 Å². The molecular weight excluding hydrogens is 210 g/mol. The first-order chi connectivity index (χ1) is 7.96. The summed E-state index contributed by atoms with van der Waals surface area (Å²) in [5.41, 5.74) is 9.61. The van der Waals surface area contributed by atoms with Crippen LogP contribution in [0.1, 0.15) is 25.0 Å². The van der Waals surface area contributed by atoms with Crippen LogP contribution >= 0.6 is 0 Å². The second-order valence-electron chi connectivity index (χ2n) is 5.71. The molecule has 0 radical (unpaired) electrons. The number of nitrogens with two attached hydrogens (primary N) is 1. The van der Waals surface area contributed by atoms with Crippen molar-refractivity contribution >= 4 is 5.69 Å². The first-order valence-electron chi connectivity index (χ1n) is 6.29. The van der Waals surface area contributed by atoms with Crippen molar-refractivity contribution in [1.82, 2.24) is 10.2 Å². The van der Waals surface area contributed by atoms with Crippen molar-refractivity contribution in [2.24, 2.45) is 0 Å². The van der Waals surface area contributed by atoms with Crippen LogP contribution in [0.2, 0.25) is 0 Å². The Morgan fingerprint density at radius 2 is 2.18 bits per heavy atom. The van der Waals surface area contributed by atoms with Crippen LogP contribution in [0, 0.1) is 6.92 Å². The number of hydrogen-bond acceptors (Lipinski definition) is 3. The van der Waals surface area contributed by atoms with Gasteiger partial charge in [0.05, 0.1) is 0 Å². The summed E-state index contributed by atoms with van der Waals surface area (Å²) in [5, 5.41) is 3.53. The molecule has 0 bridgehead atoms. The Balaban J connectivity index is 2.07. The third kappa shape index (κ3) is 3.20. The molecule has 3 nitrogen and oxygen atoms in total. The quantitative estimate of drug-likeness (QED) is 0.765. The fourth-order valence-corrected chi connectivity index (χ4v) is 2.48. The van der Waals surface area contributed by atoms with E-state index in [-0.39, 0.29) is 5.54 Å². The van der Waals surface area contributed by atoms with Gasteiger partial charge in [-0.15, -0.1) is 0 Å². The molecule has 94 valence electrons. The molecule has 1 aromatic rings. The maximum atomic E-state index is 5.86. The van der Waals surface area contributed by atoms with E-state index in [1.165, 1.54) is 11.1 Å². The van der Waals surface area contributed by atoms with E-state index >= 15 is 0 Å². The van der Waals surface area contributed by atoms with Gasteiger partial charge < -0.3 is 11.1 Å². The third-order valence-corrected chi connectivity index (χ3v) is 3.42. The molecule has 1 fully saturated rings. The maximum absolute atomic E-state index is 5.86. The highest BCUT2D eigenvalue weighted by atomic mass is 15.2. The summed E-state index contributed by atoms with van der Waals surface area (Å²) in [6.45, 7) is 10.9. The van der Waals surface area contributed by atoms with E-state index in [9.17, 15) is 0 Å². The Kier molecular flexibility index (Phi) is 3.40. The molecule has 0 amide bonds. The number of piperazine rings is 1. The molecule has 0 unspecified atom stereocenters. The van der Waals surface area contributed by atoms with Gasteiger partial charge in [-0.2, -0.15) is 0 Å². The van der Waals surface area contributed by atoms with Crippen molar-refractivity contribution in [1.29, 1.82) is 0 Å². The van der Waals surface area contributed by atoms with Gasteiger partial charge in [0.1, 0.15) is 0 Å². The summed E-state index contributed by atoms with van der Waals surface area (Å²) < 4.78 is 0. The summed E-state index contributed by atoms with van der Waals surface area (Å²) in [5.74, 6) is 0. The normalized spacial score (nSPS) is 20.4. The zero-order chi connectivity index (χ0) is 12.5. The molecule has 3 N–H and O–H groups in total. The van der Waals surface area contributed by atoms with Crippen LogP contribution in [0.3, 0.4) is 0 Å². The maximum Gasteiger partial charge on any atom is 0.0317 e. The number of benzene rings is 1. The van der Waals surface area contributed by atoms with Crippen LogP contribution < -0.4 is 11.1 Å². The second kappa shape index (κ2) is 4.67. The van der Waals surface area contributed by atoms with Crippen molar-refractivity contribution in [3.05, 3.63) is 29.3 Å². The lowest BCUT2D eigenvalue weighted by molar-refractivity contribution is 0.148. The topological polar surface area (TPSA) is 41.3 Å². The SMILES string of the molecule is Cc1ccc(N)cc1CN1CCNC(C)(C)C1. The first kappa shape index (κ1) is 12.4. The molecule has 1 aromatic carbocycles. The fraction of sp³-hybridized carbons (Fsp3) is 0.571. The molecule has 0 atom stereocenters. The Bertz CT molecular complexity index is 398. The highest BCUT2D eigenvalue weighted by Crippen LogP contribution is 2.18. The number of hydrogen-bond donors (Lipinski definition) is 2. The van der Waals surface area contributed by atoms with Crippen LogP contribution in [0.5, 0.6) is 0 Å². The average Bonchev–Trinajstić information content (AvgIpc) is 2.22. The van der Waals surface area contributed by atoms with E-state index in [0.717, 1.165) is 31.9 Å². The number of nitrogen functional groups attached to an aromatic ring is 1. The van der Waals surface area contributed by atoms with Gasteiger partial charge in [0.15, 0.2) is 0 Å². The van der Waals surface area contributed by atoms with Gasteiger partial charge in [0, 0.05) is 37.4 Å². The molecule has 3 heteroatoms. The molecule has 17 heavy (non-hydrogen) atoms. The highest BCUT2D eigenvalue weighted by Gasteiger charge is 2.25. The van der Waals surface area contributed by atoms with Crippen molar-refractivity contribution in [3.8, 4) is 0 Å². The molecule has 0 aliphatic carbocycles. The first-order valence-corrected chi connectivity index (χ1v) is 6.29. The minimum atomic E-state index is 0.215. The van der Waals surface area contributed by atoms with Crippen LogP contribution in [-0.2, 0) is 6.54 Å². The Morgan fingerprint density at radius 3 is 2.88 bits per heavy atom. The van der Waals surface area contributed by atoms with Crippen LogP contribution in [0.15, 0.2) is 18.2 Å². The zero-order valence-corrected chi connectivity index (χ0v) is 11.1. The van der Waals surface area contributed by atoms with E-state index in [1.807, 2.05) is 6.07 Å². The van der Waals surface area contributed by atoms with Crippen LogP contribution in [-0.4, -0.2) is 30.1 Å². The largest absolute Gasteiger partial charge is 0.399 e. The van der Waals surface area contributed by atoms with E-state index < -0.39 is 0 Å². The Morgan fingerprint density at radius 1 is 1.41 bits per heavy atom. The van der Waals surface area contributed by atoms with E-state index in [2.05, 4.69) is 43.1 Å². The zero-order valence-electron chi connectivity index (χ0n) is 11.1. The fourth-order valence-electron chi connectivity index (χ4n) is 2.48. The van der Waals surface area contributed by atoms with Crippen molar-refractivity contribution in [2.75, 3.05) is 25.4 Å². The second-order valence-corrected chi connectivity index (χ2v) is 5.71. The molecule has 0 spiro atoms. The smallest absolute Gasteiger partial charge is 0.0317 e. The lowest BCUT2D eigenvalue weighted by Crippen LogP contribution is -2.56. The molecule has 2 rings (SSSR count). The van der Waals surface area contributed by atoms with Gasteiger partial charge in [0.25, 0.3) is 0 Å². The van der Waals surface area contributed by atoms with Gasteiger partial charge in [-0.3, -0.25) is 4.90 Å². The lowest BCUT2D eigenvalue weighted by atomic mass is 10.0. The number of aryl methyl sites for hydroxylation is 1. The predicted octanol–water partition coefficient (Wildman–Crippen LogP) is 1.76. The molecular formula is C14H23N3. The number of anilines is 1. The minimum Gasteiger partial charge on any atom is -0.399 e.